The zero-order valence-electron chi connectivity index (χ0n) is 8.72. The lowest BCUT2D eigenvalue weighted by molar-refractivity contribution is 0.720. The maximum Gasteiger partial charge on any atom is 0.0593 e. The van der Waals surface area contributed by atoms with Gasteiger partial charge < -0.3 is 10.6 Å². The molecule has 0 amide bonds. The van der Waals surface area contributed by atoms with E-state index in [0.29, 0.717) is 6.04 Å². The maximum atomic E-state index is 5.96. The molecule has 0 aromatic heterocycles. The SMILES string of the molecule is CSCCC1CNc2ccc(Cl)cc2N1. The molecular weight excluding hydrogens is 228 g/mol. The lowest BCUT2D eigenvalue weighted by Crippen LogP contribution is -2.33. The van der Waals surface area contributed by atoms with Gasteiger partial charge in [0.2, 0.25) is 0 Å². The van der Waals surface area contributed by atoms with Crippen molar-refractivity contribution in [2.45, 2.75) is 12.5 Å². The maximum absolute atomic E-state index is 5.96. The van der Waals surface area contributed by atoms with Crippen LogP contribution < -0.4 is 10.6 Å². The fraction of sp³-hybridized carbons (Fsp3) is 0.455. The van der Waals surface area contributed by atoms with Gasteiger partial charge in [0, 0.05) is 17.6 Å². The van der Waals surface area contributed by atoms with Crippen LogP contribution in [0.1, 0.15) is 6.42 Å². The summed E-state index contributed by atoms with van der Waals surface area (Å²) in [6, 6.07) is 6.44. The molecule has 1 aromatic rings. The molecule has 0 saturated carbocycles. The third-order valence-corrected chi connectivity index (χ3v) is 3.43. The van der Waals surface area contributed by atoms with Gasteiger partial charge in [-0.05, 0) is 36.6 Å². The largest absolute Gasteiger partial charge is 0.381 e. The Morgan fingerprint density at radius 2 is 2.33 bits per heavy atom. The van der Waals surface area contributed by atoms with Crippen LogP contribution in [0.25, 0.3) is 0 Å². The van der Waals surface area contributed by atoms with Gasteiger partial charge in [-0.25, -0.2) is 0 Å². The molecule has 2 nitrogen and oxygen atoms in total. The minimum absolute atomic E-state index is 0.517. The van der Waals surface area contributed by atoms with E-state index in [2.05, 4.69) is 16.9 Å². The number of hydrogen-bond donors (Lipinski definition) is 2. The second kappa shape index (κ2) is 4.99. The second-order valence-corrected chi connectivity index (χ2v) is 5.12. The van der Waals surface area contributed by atoms with Gasteiger partial charge in [-0.1, -0.05) is 11.6 Å². The Bertz CT molecular complexity index is 343. The molecule has 15 heavy (non-hydrogen) atoms. The van der Waals surface area contributed by atoms with Gasteiger partial charge in [0.15, 0.2) is 0 Å². The summed E-state index contributed by atoms with van der Waals surface area (Å²) in [5, 5.41) is 7.72. The summed E-state index contributed by atoms with van der Waals surface area (Å²) in [5.41, 5.74) is 2.28. The minimum Gasteiger partial charge on any atom is -0.381 e. The number of halogens is 1. The summed E-state index contributed by atoms with van der Waals surface area (Å²) in [5.74, 6) is 1.19. The van der Waals surface area contributed by atoms with Crippen LogP contribution in [-0.4, -0.2) is 24.6 Å². The van der Waals surface area contributed by atoms with Crippen molar-refractivity contribution in [3.8, 4) is 0 Å². The normalized spacial score (nSPS) is 18.9. The standard InChI is InChI=1S/C11H15ClN2S/c1-15-5-4-9-7-13-10-3-2-8(12)6-11(10)14-9/h2-3,6,9,13-14H,4-5,7H2,1H3. The fourth-order valence-electron chi connectivity index (χ4n) is 1.73. The van der Waals surface area contributed by atoms with E-state index in [-0.39, 0.29) is 0 Å². The Morgan fingerprint density at radius 3 is 3.13 bits per heavy atom. The molecule has 0 fully saturated rings. The number of nitrogens with one attached hydrogen (secondary N) is 2. The summed E-state index contributed by atoms with van der Waals surface area (Å²) in [6.07, 6.45) is 3.32. The molecule has 1 atom stereocenters. The molecule has 1 aliphatic heterocycles. The van der Waals surface area contributed by atoms with Gasteiger partial charge in [-0.2, -0.15) is 11.8 Å². The van der Waals surface area contributed by atoms with Crippen molar-refractivity contribution in [3.05, 3.63) is 23.2 Å². The summed E-state index contributed by atoms with van der Waals surface area (Å²) in [7, 11) is 0. The Morgan fingerprint density at radius 1 is 1.47 bits per heavy atom. The Kier molecular flexibility index (Phi) is 3.65. The Labute approximate surface area is 99.8 Å². The molecule has 0 bridgehead atoms. The first-order valence-electron chi connectivity index (χ1n) is 5.08. The van der Waals surface area contributed by atoms with Crippen molar-refractivity contribution in [3.63, 3.8) is 0 Å². The van der Waals surface area contributed by atoms with Crippen LogP contribution in [0.3, 0.4) is 0 Å². The van der Waals surface area contributed by atoms with Crippen LogP contribution in [-0.2, 0) is 0 Å². The molecular formula is C11H15ClN2S. The third-order valence-electron chi connectivity index (χ3n) is 2.55. The zero-order chi connectivity index (χ0) is 10.7. The van der Waals surface area contributed by atoms with Gasteiger partial charge in [-0.3, -0.25) is 0 Å². The molecule has 4 heteroatoms. The molecule has 0 aliphatic carbocycles. The van der Waals surface area contributed by atoms with Gasteiger partial charge in [0.25, 0.3) is 0 Å². The average molecular weight is 243 g/mol. The van der Waals surface area contributed by atoms with E-state index >= 15 is 0 Å². The van der Waals surface area contributed by atoms with E-state index in [1.165, 1.54) is 12.2 Å². The van der Waals surface area contributed by atoms with E-state index < -0.39 is 0 Å². The third kappa shape index (κ3) is 2.73. The van der Waals surface area contributed by atoms with Crippen LogP contribution in [0.5, 0.6) is 0 Å². The molecule has 0 spiro atoms. The monoisotopic (exact) mass is 242 g/mol. The smallest absolute Gasteiger partial charge is 0.0593 e. The molecule has 0 radical (unpaired) electrons. The predicted octanol–water partition coefficient (Wildman–Crippen LogP) is 3.30. The van der Waals surface area contributed by atoms with Crippen LogP contribution >= 0.6 is 23.4 Å². The Balaban J connectivity index is 2.05. The van der Waals surface area contributed by atoms with Crippen molar-refractivity contribution in [1.29, 1.82) is 0 Å². The topological polar surface area (TPSA) is 24.1 Å². The lowest BCUT2D eigenvalue weighted by Gasteiger charge is -2.28. The quantitative estimate of drug-likeness (QED) is 0.851. The molecule has 1 unspecified atom stereocenters. The first-order valence-corrected chi connectivity index (χ1v) is 6.85. The molecule has 2 rings (SSSR count). The number of rotatable bonds is 3. The van der Waals surface area contributed by atoms with Crippen LogP contribution in [0, 0.1) is 0 Å². The van der Waals surface area contributed by atoms with E-state index in [4.69, 9.17) is 11.6 Å². The lowest BCUT2D eigenvalue weighted by atomic mass is 10.1. The highest BCUT2D eigenvalue weighted by Gasteiger charge is 2.16. The average Bonchev–Trinajstić information content (AvgIpc) is 2.25. The number of fused-ring (bicyclic) bond motifs is 1. The highest BCUT2D eigenvalue weighted by molar-refractivity contribution is 7.98. The number of anilines is 2. The minimum atomic E-state index is 0.517. The highest BCUT2D eigenvalue weighted by atomic mass is 35.5. The summed E-state index contributed by atoms with van der Waals surface area (Å²) in [4.78, 5) is 0. The second-order valence-electron chi connectivity index (χ2n) is 3.69. The molecule has 1 heterocycles. The van der Waals surface area contributed by atoms with Crippen LogP contribution in [0.4, 0.5) is 11.4 Å². The summed E-state index contributed by atoms with van der Waals surface area (Å²) in [6.45, 7) is 0.995. The van der Waals surface area contributed by atoms with E-state index in [9.17, 15) is 0 Å². The Hall–Kier alpha value is -0.540. The van der Waals surface area contributed by atoms with Crippen molar-refractivity contribution in [1.82, 2.24) is 0 Å². The van der Waals surface area contributed by atoms with Crippen LogP contribution in [0.2, 0.25) is 5.02 Å². The zero-order valence-corrected chi connectivity index (χ0v) is 10.3. The summed E-state index contributed by atoms with van der Waals surface area (Å²) < 4.78 is 0. The first-order chi connectivity index (χ1) is 7.29. The first kappa shape index (κ1) is 11.0. The number of hydrogen-bond acceptors (Lipinski definition) is 3. The number of benzene rings is 1. The molecule has 2 N–H and O–H groups in total. The molecule has 82 valence electrons. The van der Waals surface area contributed by atoms with Crippen molar-refractivity contribution in [2.75, 3.05) is 29.2 Å². The van der Waals surface area contributed by atoms with Crippen molar-refractivity contribution < 1.29 is 0 Å². The number of thioether (sulfide) groups is 1. The van der Waals surface area contributed by atoms with Crippen molar-refractivity contribution in [2.24, 2.45) is 0 Å². The highest BCUT2D eigenvalue weighted by Crippen LogP contribution is 2.29. The van der Waals surface area contributed by atoms with Gasteiger partial charge >= 0.3 is 0 Å². The van der Waals surface area contributed by atoms with E-state index in [1.807, 2.05) is 30.0 Å². The van der Waals surface area contributed by atoms with E-state index in [0.717, 1.165) is 22.9 Å². The fourth-order valence-corrected chi connectivity index (χ4v) is 2.42. The van der Waals surface area contributed by atoms with Gasteiger partial charge in [0.1, 0.15) is 0 Å². The predicted molar refractivity (Wildman–Crippen MR) is 70.4 cm³/mol. The van der Waals surface area contributed by atoms with Gasteiger partial charge in [0.05, 0.1) is 11.4 Å². The molecule has 1 aromatic carbocycles. The summed E-state index contributed by atoms with van der Waals surface area (Å²) >= 11 is 7.84. The van der Waals surface area contributed by atoms with Crippen LogP contribution in [0.15, 0.2) is 18.2 Å². The molecule has 0 saturated heterocycles. The van der Waals surface area contributed by atoms with Crippen molar-refractivity contribution >= 4 is 34.7 Å². The van der Waals surface area contributed by atoms with Gasteiger partial charge in [-0.15, -0.1) is 0 Å². The van der Waals surface area contributed by atoms with E-state index in [1.54, 1.807) is 0 Å². The molecule has 1 aliphatic rings.